The van der Waals surface area contributed by atoms with Gasteiger partial charge < -0.3 is 14.8 Å². The fourth-order valence-corrected chi connectivity index (χ4v) is 6.59. The number of hydrogen-bond acceptors (Lipinski definition) is 4. The van der Waals surface area contributed by atoms with E-state index in [1.54, 1.807) is 12.1 Å². The van der Waals surface area contributed by atoms with Gasteiger partial charge in [0.15, 0.2) is 5.11 Å². The van der Waals surface area contributed by atoms with E-state index in [1.165, 1.54) is 42.6 Å². The zero-order valence-corrected chi connectivity index (χ0v) is 21.9. The molecule has 1 aromatic carbocycles. The van der Waals surface area contributed by atoms with Crippen molar-refractivity contribution in [3.05, 3.63) is 77.4 Å². The van der Waals surface area contributed by atoms with Gasteiger partial charge >= 0.3 is 0 Å². The van der Waals surface area contributed by atoms with Crippen molar-refractivity contribution in [3.63, 3.8) is 0 Å². The van der Waals surface area contributed by atoms with E-state index in [0.29, 0.717) is 16.8 Å². The summed E-state index contributed by atoms with van der Waals surface area (Å²) in [6.45, 7) is 4.41. The lowest BCUT2D eigenvalue weighted by Crippen LogP contribution is -2.29. The van der Waals surface area contributed by atoms with Crippen molar-refractivity contribution in [3.8, 4) is 0 Å². The molecule has 0 amide bonds. The zero-order chi connectivity index (χ0) is 24.7. The van der Waals surface area contributed by atoms with Gasteiger partial charge in [0.25, 0.3) is 0 Å². The molecule has 184 valence electrons. The first-order valence-corrected chi connectivity index (χ1v) is 14.3. The third-order valence-corrected chi connectivity index (χ3v) is 8.00. The van der Waals surface area contributed by atoms with Crippen molar-refractivity contribution in [1.29, 1.82) is 0 Å². The molecule has 3 heterocycles. The largest absolute Gasteiger partial charge is 0.351 e. The molecular formula is C26H31N5O2S2. The van der Waals surface area contributed by atoms with Gasteiger partial charge in [-0.15, -0.1) is 0 Å². The number of sulfonamides is 1. The molecule has 1 saturated carbocycles. The van der Waals surface area contributed by atoms with Crippen LogP contribution in [-0.4, -0.2) is 29.3 Å². The summed E-state index contributed by atoms with van der Waals surface area (Å²) in [4.78, 5) is 6.80. The monoisotopic (exact) mass is 509 g/mol. The molecule has 7 nitrogen and oxygen atoms in total. The Bertz CT molecular complexity index is 1330. The first kappa shape index (κ1) is 23.8. The first-order chi connectivity index (χ1) is 16.7. The van der Waals surface area contributed by atoms with E-state index in [-0.39, 0.29) is 12.1 Å². The van der Waals surface area contributed by atoms with Crippen molar-refractivity contribution < 1.29 is 8.42 Å². The van der Waals surface area contributed by atoms with Gasteiger partial charge in [-0.25, -0.2) is 8.42 Å². The lowest BCUT2D eigenvalue weighted by atomic mass is 9.96. The Hall–Kier alpha value is -2.91. The molecule has 2 aliphatic rings. The Morgan fingerprint density at radius 2 is 1.80 bits per heavy atom. The summed E-state index contributed by atoms with van der Waals surface area (Å²) in [6, 6.07) is 16.0. The van der Waals surface area contributed by atoms with Gasteiger partial charge in [0.2, 0.25) is 10.0 Å². The number of nitrogens with zero attached hydrogens (tertiary/aromatic N) is 3. The molecule has 9 heteroatoms. The number of rotatable bonds is 6. The molecule has 5 rings (SSSR count). The Kier molecular flexibility index (Phi) is 6.31. The van der Waals surface area contributed by atoms with Crippen LogP contribution in [0.25, 0.3) is 0 Å². The molecule has 0 bridgehead atoms. The summed E-state index contributed by atoms with van der Waals surface area (Å²) < 4.78 is 28.3. The predicted molar refractivity (Wildman–Crippen MR) is 144 cm³/mol. The van der Waals surface area contributed by atoms with E-state index in [2.05, 4.69) is 44.4 Å². The van der Waals surface area contributed by atoms with Crippen LogP contribution in [0.3, 0.4) is 0 Å². The van der Waals surface area contributed by atoms with E-state index in [9.17, 15) is 8.42 Å². The van der Waals surface area contributed by atoms with Crippen LogP contribution in [0.1, 0.15) is 66.5 Å². The molecule has 2 N–H and O–H groups in total. The minimum absolute atomic E-state index is 0.0903. The van der Waals surface area contributed by atoms with Crippen LogP contribution in [0.15, 0.2) is 54.7 Å². The lowest BCUT2D eigenvalue weighted by Gasteiger charge is -2.28. The van der Waals surface area contributed by atoms with Gasteiger partial charge in [0, 0.05) is 35.0 Å². The summed E-state index contributed by atoms with van der Waals surface area (Å²) in [5, 5.41) is 4.14. The summed E-state index contributed by atoms with van der Waals surface area (Å²) in [5.74, 6) is 0. The highest BCUT2D eigenvalue weighted by Crippen LogP contribution is 2.45. The second-order valence-corrected chi connectivity index (χ2v) is 11.7. The molecule has 2 fully saturated rings. The van der Waals surface area contributed by atoms with Gasteiger partial charge in [0.05, 0.1) is 24.0 Å². The highest BCUT2D eigenvalue weighted by atomic mass is 32.2. The molecule has 1 aliphatic carbocycles. The van der Waals surface area contributed by atoms with Crippen molar-refractivity contribution in [2.24, 2.45) is 0 Å². The third kappa shape index (κ3) is 4.67. The molecule has 1 saturated heterocycles. The average molecular weight is 510 g/mol. The van der Waals surface area contributed by atoms with E-state index < -0.39 is 10.0 Å². The zero-order valence-electron chi connectivity index (χ0n) is 20.2. The van der Waals surface area contributed by atoms with Crippen LogP contribution in [0.4, 0.5) is 11.4 Å². The summed E-state index contributed by atoms with van der Waals surface area (Å²) in [6.07, 6.45) is 7.96. The van der Waals surface area contributed by atoms with Crippen molar-refractivity contribution in [1.82, 2.24) is 14.9 Å². The SMILES string of the molecule is Cc1cc([C@@H]2[C@H](c3ccccn3)NC(=S)N2c2ccc(NS(C)(=O)=O)cc2)c(C)n1C1CCCC1. The second kappa shape index (κ2) is 9.28. The van der Waals surface area contributed by atoms with Crippen LogP contribution in [-0.2, 0) is 10.0 Å². The van der Waals surface area contributed by atoms with E-state index >= 15 is 0 Å². The van der Waals surface area contributed by atoms with Crippen LogP contribution in [0.5, 0.6) is 0 Å². The molecule has 35 heavy (non-hydrogen) atoms. The third-order valence-electron chi connectivity index (χ3n) is 7.08. The molecule has 0 unspecified atom stereocenters. The van der Waals surface area contributed by atoms with E-state index in [0.717, 1.165) is 17.6 Å². The topological polar surface area (TPSA) is 79.3 Å². The van der Waals surface area contributed by atoms with Crippen LogP contribution in [0, 0.1) is 13.8 Å². The minimum Gasteiger partial charge on any atom is -0.351 e. The van der Waals surface area contributed by atoms with Gasteiger partial charge in [-0.3, -0.25) is 9.71 Å². The number of aryl methyl sites for hydroxylation is 1. The molecule has 0 radical (unpaired) electrons. The van der Waals surface area contributed by atoms with Crippen molar-refractivity contribution in [2.45, 2.75) is 57.7 Å². The van der Waals surface area contributed by atoms with Crippen LogP contribution >= 0.6 is 12.2 Å². The summed E-state index contributed by atoms with van der Waals surface area (Å²) >= 11 is 5.86. The maximum absolute atomic E-state index is 11.6. The molecule has 1 aliphatic heterocycles. The van der Waals surface area contributed by atoms with Gasteiger partial charge in [-0.05, 0) is 86.9 Å². The van der Waals surface area contributed by atoms with E-state index in [1.807, 2.05) is 36.5 Å². The fraction of sp³-hybridized carbons (Fsp3) is 0.385. The maximum Gasteiger partial charge on any atom is 0.229 e. The number of nitrogens with one attached hydrogen (secondary N) is 2. The fourth-order valence-electron chi connectivity index (χ4n) is 5.68. The number of benzene rings is 1. The maximum atomic E-state index is 11.6. The van der Waals surface area contributed by atoms with Crippen molar-refractivity contribution in [2.75, 3.05) is 15.9 Å². The standard InChI is InChI=1S/C26H31N5O2S2/c1-17-16-22(18(2)30(17)20-8-4-5-9-20)25-24(23-10-6-7-15-27-23)28-26(34)31(25)21-13-11-19(12-14-21)29-35(3,32)33/h6-7,10-16,20,24-25,29H,4-5,8-9H2,1-3H3,(H,28,34)/t24-,25+/m0/s1. The van der Waals surface area contributed by atoms with Gasteiger partial charge in [-0.2, -0.15) is 0 Å². The highest BCUT2D eigenvalue weighted by molar-refractivity contribution is 7.92. The highest BCUT2D eigenvalue weighted by Gasteiger charge is 2.42. The Morgan fingerprint density at radius 3 is 2.43 bits per heavy atom. The quantitative estimate of drug-likeness (QED) is 0.447. The lowest BCUT2D eigenvalue weighted by molar-refractivity contribution is 0.494. The number of thiocarbonyl (C=S) groups is 1. The number of pyridine rings is 1. The smallest absolute Gasteiger partial charge is 0.229 e. The summed E-state index contributed by atoms with van der Waals surface area (Å²) in [7, 11) is -3.35. The molecule has 2 atom stereocenters. The summed E-state index contributed by atoms with van der Waals surface area (Å²) in [5.41, 5.74) is 6.13. The molecular weight excluding hydrogens is 478 g/mol. The molecule has 3 aromatic rings. The second-order valence-electron chi connectivity index (χ2n) is 9.55. The predicted octanol–water partition coefficient (Wildman–Crippen LogP) is 5.16. The van der Waals surface area contributed by atoms with Crippen LogP contribution in [0.2, 0.25) is 0 Å². The normalized spacial score (nSPS) is 20.9. The van der Waals surface area contributed by atoms with Gasteiger partial charge in [0.1, 0.15) is 0 Å². The number of aromatic nitrogens is 2. The molecule has 2 aromatic heterocycles. The number of hydrogen-bond donors (Lipinski definition) is 2. The van der Waals surface area contributed by atoms with E-state index in [4.69, 9.17) is 12.2 Å². The molecule has 0 spiro atoms. The first-order valence-electron chi connectivity index (χ1n) is 12.0. The van der Waals surface area contributed by atoms with Crippen molar-refractivity contribution >= 4 is 38.7 Å². The number of anilines is 2. The minimum atomic E-state index is -3.35. The average Bonchev–Trinajstić information content (AvgIpc) is 3.52. The Morgan fingerprint density at radius 1 is 1.09 bits per heavy atom. The Balaban J connectivity index is 1.59. The van der Waals surface area contributed by atoms with Gasteiger partial charge in [-0.1, -0.05) is 18.9 Å². The Labute approximate surface area is 212 Å². The van der Waals surface area contributed by atoms with Crippen LogP contribution < -0.4 is 14.9 Å².